The highest BCUT2D eigenvalue weighted by Gasteiger charge is 2.10. The predicted molar refractivity (Wildman–Crippen MR) is 122 cm³/mol. The van der Waals surface area contributed by atoms with Crippen molar-refractivity contribution in [2.45, 2.75) is 44.9 Å². The average molecular weight is 388 g/mol. The zero-order chi connectivity index (χ0) is 20.1. The van der Waals surface area contributed by atoms with Crippen molar-refractivity contribution in [3.63, 3.8) is 0 Å². The van der Waals surface area contributed by atoms with Crippen molar-refractivity contribution in [2.75, 3.05) is 13.2 Å². The number of aryl methyl sites for hydroxylation is 1. The SMILES string of the molecule is O=C(CCCCCCCc1ccc2ccc3cccc4ccc1c2c34)NCCO. The molecule has 0 unspecified atom stereocenters. The third-order valence-electron chi connectivity index (χ3n) is 5.90. The van der Waals surface area contributed by atoms with Crippen LogP contribution >= 0.6 is 0 Å². The molecule has 0 heterocycles. The summed E-state index contributed by atoms with van der Waals surface area (Å²) < 4.78 is 0. The van der Waals surface area contributed by atoms with Crippen LogP contribution in [0.3, 0.4) is 0 Å². The fraction of sp³-hybridized carbons (Fsp3) is 0.346. The maximum atomic E-state index is 11.5. The van der Waals surface area contributed by atoms with Gasteiger partial charge in [0.15, 0.2) is 0 Å². The summed E-state index contributed by atoms with van der Waals surface area (Å²) in [7, 11) is 0. The molecule has 4 rings (SSSR count). The van der Waals surface area contributed by atoms with E-state index in [1.54, 1.807) is 0 Å². The second-order valence-electron chi connectivity index (χ2n) is 7.92. The van der Waals surface area contributed by atoms with Crippen LogP contribution in [-0.2, 0) is 11.2 Å². The lowest BCUT2D eigenvalue weighted by Crippen LogP contribution is -2.25. The number of unbranched alkanes of at least 4 members (excludes halogenated alkanes) is 4. The van der Waals surface area contributed by atoms with E-state index < -0.39 is 0 Å². The first-order valence-electron chi connectivity index (χ1n) is 10.8. The minimum absolute atomic E-state index is 0.00873. The van der Waals surface area contributed by atoms with Gasteiger partial charge < -0.3 is 10.4 Å². The van der Waals surface area contributed by atoms with Crippen LogP contribution in [0.4, 0.5) is 0 Å². The zero-order valence-electron chi connectivity index (χ0n) is 16.9. The monoisotopic (exact) mass is 387 g/mol. The Hall–Kier alpha value is -2.65. The van der Waals surface area contributed by atoms with E-state index in [0.717, 1.165) is 19.3 Å². The van der Waals surface area contributed by atoms with E-state index in [1.165, 1.54) is 57.1 Å². The maximum absolute atomic E-state index is 11.5. The Morgan fingerprint density at radius 1 is 0.759 bits per heavy atom. The van der Waals surface area contributed by atoms with E-state index in [9.17, 15) is 4.79 Å². The van der Waals surface area contributed by atoms with Crippen LogP contribution < -0.4 is 5.32 Å². The number of carbonyl (C=O) groups is 1. The van der Waals surface area contributed by atoms with Gasteiger partial charge >= 0.3 is 0 Å². The van der Waals surface area contributed by atoms with Gasteiger partial charge in [0.05, 0.1) is 6.61 Å². The van der Waals surface area contributed by atoms with Crippen LogP contribution in [0, 0.1) is 0 Å². The van der Waals surface area contributed by atoms with Crippen molar-refractivity contribution in [1.82, 2.24) is 5.32 Å². The quantitative estimate of drug-likeness (QED) is 0.276. The molecule has 4 aromatic rings. The molecular weight excluding hydrogens is 358 g/mol. The molecule has 0 aliphatic carbocycles. The van der Waals surface area contributed by atoms with E-state index >= 15 is 0 Å². The summed E-state index contributed by atoms with van der Waals surface area (Å²) in [5.41, 5.74) is 1.44. The standard InChI is InChI=1S/C26H29NO2/c28-18-17-27-24(29)10-5-3-1-2-4-7-19-11-12-22-14-13-20-8-6-9-21-15-16-23(19)26(22)25(20)21/h6,8-9,11-16,28H,1-5,7,10,17-18H2,(H,27,29). The molecule has 0 radical (unpaired) electrons. The summed E-state index contributed by atoms with van der Waals surface area (Å²) in [6.07, 6.45) is 7.22. The van der Waals surface area contributed by atoms with E-state index in [0.29, 0.717) is 13.0 Å². The van der Waals surface area contributed by atoms with Crippen molar-refractivity contribution < 1.29 is 9.90 Å². The number of aliphatic hydroxyl groups excluding tert-OH is 1. The van der Waals surface area contributed by atoms with Crippen LogP contribution in [0.25, 0.3) is 32.3 Å². The first kappa shape index (κ1) is 19.7. The van der Waals surface area contributed by atoms with Crippen molar-refractivity contribution >= 4 is 38.2 Å². The molecule has 1 amide bonds. The van der Waals surface area contributed by atoms with Crippen LogP contribution in [0.15, 0.2) is 54.6 Å². The van der Waals surface area contributed by atoms with Crippen molar-refractivity contribution in [3.05, 3.63) is 60.2 Å². The molecule has 150 valence electrons. The Labute approximate surface area is 172 Å². The Balaban J connectivity index is 1.35. The maximum Gasteiger partial charge on any atom is 0.220 e. The number of amides is 1. The lowest BCUT2D eigenvalue weighted by molar-refractivity contribution is -0.121. The second-order valence-corrected chi connectivity index (χ2v) is 7.92. The lowest BCUT2D eigenvalue weighted by Gasteiger charge is -2.14. The number of nitrogens with one attached hydrogen (secondary N) is 1. The molecule has 3 heteroatoms. The Bertz CT molecular complexity index is 1090. The molecule has 29 heavy (non-hydrogen) atoms. The minimum Gasteiger partial charge on any atom is -0.395 e. The summed E-state index contributed by atoms with van der Waals surface area (Å²) in [4.78, 5) is 11.5. The normalized spacial score (nSPS) is 11.6. The van der Waals surface area contributed by atoms with Gasteiger partial charge in [-0.25, -0.2) is 0 Å². The first-order chi connectivity index (χ1) is 14.3. The van der Waals surface area contributed by atoms with Crippen LogP contribution in [0.2, 0.25) is 0 Å². The number of hydrogen-bond donors (Lipinski definition) is 2. The fourth-order valence-electron chi connectivity index (χ4n) is 4.43. The smallest absolute Gasteiger partial charge is 0.220 e. The van der Waals surface area contributed by atoms with Gasteiger partial charge in [-0.3, -0.25) is 4.79 Å². The van der Waals surface area contributed by atoms with Gasteiger partial charge in [0.1, 0.15) is 0 Å². The highest BCUT2D eigenvalue weighted by Crippen LogP contribution is 2.36. The van der Waals surface area contributed by atoms with Crippen LogP contribution in [-0.4, -0.2) is 24.2 Å². The highest BCUT2D eigenvalue weighted by atomic mass is 16.3. The molecule has 2 N–H and O–H groups in total. The summed E-state index contributed by atoms with van der Waals surface area (Å²) in [5.74, 6) is 0.0488. The molecule has 0 saturated carbocycles. The van der Waals surface area contributed by atoms with Gasteiger partial charge in [-0.05, 0) is 57.1 Å². The molecule has 0 atom stereocenters. The number of rotatable bonds is 10. The van der Waals surface area contributed by atoms with Crippen molar-refractivity contribution in [2.24, 2.45) is 0 Å². The summed E-state index contributed by atoms with van der Waals surface area (Å²) >= 11 is 0. The largest absolute Gasteiger partial charge is 0.395 e. The highest BCUT2D eigenvalue weighted by molar-refractivity contribution is 6.23. The minimum atomic E-state index is 0.00873. The predicted octanol–water partition coefficient (Wildman–Crippen LogP) is 5.58. The van der Waals surface area contributed by atoms with E-state index in [-0.39, 0.29) is 12.5 Å². The number of aliphatic hydroxyl groups is 1. The first-order valence-corrected chi connectivity index (χ1v) is 10.8. The van der Waals surface area contributed by atoms with Gasteiger partial charge in [0.25, 0.3) is 0 Å². The van der Waals surface area contributed by atoms with E-state index in [4.69, 9.17) is 5.11 Å². The lowest BCUT2D eigenvalue weighted by atomic mass is 9.90. The Morgan fingerprint density at radius 3 is 2.21 bits per heavy atom. The topological polar surface area (TPSA) is 49.3 Å². The van der Waals surface area contributed by atoms with E-state index in [2.05, 4.69) is 59.9 Å². The van der Waals surface area contributed by atoms with Crippen LogP contribution in [0.1, 0.15) is 44.1 Å². The van der Waals surface area contributed by atoms with Gasteiger partial charge in [-0.2, -0.15) is 0 Å². The van der Waals surface area contributed by atoms with Gasteiger partial charge in [-0.15, -0.1) is 0 Å². The van der Waals surface area contributed by atoms with E-state index in [1.807, 2.05) is 0 Å². The Kier molecular flexibility index (Phi) is 6.26. The van der Waals surface area contributed by atoms with Gasteiger partial charge in [-0.1, -0.05) is 73.9 Å². The molecule has 0 spiro atoms. The van der Waals surface area contributed by atoms with Gasteiger partial charge in [0.2, 0.25) is 5.91 Å². The molecule has 0 aromatic heterocycles. The number of hydrogen-bond acceptors (Lipinski definition) is 2. The molecule has 0 aliphatic rings. The molecule has 0 fully saturated rings. The van der Waals surface area contributed by atoms with Gasteiger partial charge in [0, 0.05) is 13.0 Å². The third-order valence-corrected chi connectivity index (χ3v) is 5.90. The molecule has 3 nitrogen and oxygen atoms in total. The zero-order valence-corrected chi connectivity index (χ0v) is 16.9. The summed E-state index contributed by atoms with van der Waals surface area (Å²) in [6, 6.07) is 20.1. The average Bonchev–Trinajstić information content (AvgIpc) is 2.76. The van der Waals surface area contributed by atoms with Crippen molar-refractivity contribution in [3.8, 4) is 0 Å². The summed E-state index contributed by atoms with van der Waals surface area (Å²) in [6.45, 7) is 0.368. The molecule has 0 aliphatic heterocycles. The van der Waals surface area contributed by atoms with Crippen molar-refractivity contribution in [1.29, 1.82) is 0 Å². The summed E-state index contributed by atoms with van der Waals surface area (Å²) in [5, 5.41) is 19.6. The third kappa shape index (κ3) is 4.35. The number of carbonyl (C=O) groups excluding carboxylic acids is 1. The fourth-order valence-corrected chi connectivity index (χ4v) is 4.43. The molecule has 0 bridgehead atoms. The number of benzene rings is 4. The Morgan fingerprint density at radius 2 is 1.41 bits per heavy atom. The molecule has 0 saturated heterocycles. The second kappa shape index (κ2) is 9.23. The molecule has 4 aromatic carbocycles. The molecular formula is C26H29NO2. The van der Waals surface area contributed by atoms with Crippen LogP contribution in [0.5, 0.6) is 0 Å².